The van der Waals surface area contributed by atoms with E-state index in [9.17, 15) is 4.79 Å². The summed E-state index contributed by atoms with van der Waals surface area (Å²) < 4.78 is 10.2. The van der Waals surface area contributed by atoms with Crippen molar-refractivity contribution in [2.75, 3.05) is 14.2 Å². The van der Waals surface area contributed by atoms with Crippen LogP contribution in [0.5, 0.6) is 5.75 Å². The second kappa shape index (κ2) is 15.3. The van der Waals surface area contributed by atoms with Crippen molar-refractivity contribution in [3.63, 3.8) is 0 Å². The van der Waals surface area contributed by atoms with Gasteiger partial charge >= 0.3 is 5.97 Å². The van der Waals surface area contributed by atoms with Crippen molar-refractivity contribution in [3.8, 4) is 5.75 Å². The van der Waals surface area contributed by atoms with E-state index in [2.05, 4.69) is 19.1 Å². The van der Waals surface area contributed by atoms with Crippen LogP contribution in [0.25, 0.3) is 0 Å². The molecular formula is C24H38O3. The largest absolute Gasteiger partial charge is 0.496 e. The minimum Gasteiger partial charge on any atom is -0.496 e. The first-order chi connectivity index (χ1) is 13.2. The molecule has 0 amide bonds. The molecule has 1 rings (SSSR count). The van der Waals surface area contributed by atoms with E-state index in [1.807, 2.05) is 18.2 Å². The molecular weight excluding hydrogens is 336 g/mol. The highest BCUT2D eigenvalue weighted by atomic mass is 16.5. The Bertz CT molecular complexity index is 549. The number of rotatable bonds is 15. The summed E-state index contributed by atoms with van der Waals surface area (Å²) in [4.78, 5) is 12.0. The van der Waals surface area contributed by atoms with Gasteiger partial charge in [0.05, 0.1) is 14.2 Å². The average Bonchev–Trinajstić information content (AvgIpc) is 2.70. The van der Waals surface area contributed by atoms with Gasteiger partial charge in [0.2, 0.25) is 0 Å². The van der Waals surface area contributed by atoms with E-state index >= 15 is 0 Å². The molecule has 0 unspecified atom stereocenters. The average molecular weight is 375 g/mol. The summed E-state index contributed by atoms with van der Waals surface area (Å²) >= 11 is 0. The number of ether oxygens (including phenoxy) is 2. The molecule has 1 aromatic carbocycles. The maximum atomic E-state index is 12.0. The third kappa shape index (κ3) is 9.65. The standard InChI is InChI=1S/C24H38O3/c1-4-5-6-7-8-9-10-11-12-13-14-15-16-18-21-19-17-20-22(26-2)23(21)24(25)27-3/h9-10,17,19-20H,4-8,11-16,18H2,1-3H3. The van der Waals surface area contributed by atoms with E-state index in [-0.39, 0.29) is 5.97 Å². The summed E-state index contributed by atoms with van der Waals surface area (Å²) in [6.07, 6.45) is 19.5. The van der Waals surface area contributed by atoms with Gasteiger partial charge in [-0.05, 0) is 50.2 Å². The second-order valence-corrected chi connectivity index (χ2v) is 7.11. The number of benzene rings is 1. The zero-order valence-electron chi connectivity index (χ0n) is 17.6. The van der Waals surface area contributed by atoms with E-state index in [0.29, 0.717) is 11.3 Å². The number of carbonyl (C=O) groups excluding carboxylic acids is 1. The molecule has 0 spiro atoms. The van der Waals surface area contributed by atoms with Crippen molar-refractivity contribution in [1.29, 1.82) is 0 Å². The summed E-state index contributed by atoms with van der Waals surface area (Å²) in [6.45, 7) is 2.25. The Hall–Kier alpha value is -1.77. The minimum atomic E-state index is -0.316. The predicted molar refractivity (Wildman–Crippen MR) is 114 cm³/mol. The topological polar surface area (TPSA) is 35.5 Å². The van der Waals surface area contributed by atoms with Crippen molar-refractivity contribution in [2.24, 2.45) is 0 Å². The molecule has 0 N–H and O–H groups in total. The molecule has 0 aliphatic heterocycles. The second-order valence-electron chi connectivity index (χ2n) is 7.11. The fraction of sp³-hybridized carbons (Fsp3) is 0.625. The van der Waals surface area contributed by atoms with E-state index in [1.54, 1.807) is 7.11 Å². The van der Waals surface area contributed by atoms with Crippen LogP contribution in [0.15, 0.2) is 30.4 Å². The first-order valence-corrected chi connectivity index (χ1v) is 10.6. The third-order valence-corrected chi connectivity index (χ3v) is 4.93. The van der Waals surface area contributed by atoms with Gasteiger partial charge in [0.1, 0.15) is 11.3 Å². The molecule has 0 aromatic heterocycles. The fourth-order valence-electron chi connectivity index (χ4n) is 3.32. The van der Waals surface area contributed by atoms with Gasteiger partial charge in [-0.25, -0.2) is 4.79 Å². The molecule has 152 valence electrons. The fourth-order valence-corrected chi connectivity index (χ4v) is 3.32. The van der Waals surface area contributed by atoms with Crippen molar-refractivity contribution in [2.45, 2.75) is 84.0 Å². The van der Waals surface area contributed by atoms with Crippen molar-refractivity contribution >= 4 is 5.97 Å². The molecule has 0 aliphatic rings. The molecule has 0 saturated heterocycles. The number of allylic oxidation sites excluding steroid dienone is 2. The molecule has 1 aromatic rings. The van der Waals surface area contributed by atoms with E-state index < -0.39 is 0 Å². The van der Waals surface area contributed by atoms with Gasteiger partial charge in [-0.3, -0.25) is 0 Å². The van der Waals surface area contributed by atoms with Crippen LogP contribution >= 0.6 is 0 Å². The van der Waals surface area contributed by atoms with E-state index in [1.165, 1.54) is 71.3 Å². The molecule has 0 radical (unpaired) electrons. The summed E-state index contributed by atoms with van der Waals surface area (Å²) in [5.74, 6) is 0.282. The molecule has 27 heavy (non-hydrogen) atoms. The molecule has 0 saturated carbocycles. The zero-order valence-corrected chi connectivity index (χ0v) is 17.6. The number of methoxy groups -OCH3 is 2. The summed E-state index contributed by atoms with van der Waals surface area (Å²) in [6, 6.07) is 5.75. The van der Waals surface area contributed by atoms with Gasteiger partial charge in [0, 0.05) is 0 Å². The molecule has 0 bridgehead atoms. The maximum absolute atomic E-state index is 12.0. The van der Waals surface area contributed by atoms with Crippen LogP contribution in [-0.4, -0.2) is 20.2 Å². The lowest BCUT2D eigenvalue weighted by Gasteiger charge is -2.12. The highest BCUT2D eigenvalue weighted by molar-refractivity contribution is 5.94. The maximum Gasteiger partial charge on any atom is 0.341 e. The Balaban J connectivity index is 2.18. The van der Waals surface area contributed by atoms with Crippen molar-refractivity contribution < 1.29 is 14.3 Å². The molecule has 3 heteroatoms. The zero-order chi connectivity index (χ0) is 19.7. The number of aryl methyl sites for hydroxylation is 1. The quantitative estimate of drug-likeness (QED) is 0.190. The smallest absolute Gasteiger partial charge is 0.341 e. The number of hydrogen-bond donors (Lipinski definition) is 0. The monoisotopic (exact) mass is 374 g/mol. The number of hydrogen-bond acceptors (Lipinski definition) is 3. The lowest BCUT2D eigenvalue weighted by molar-refractivity contribution is 0.0595. The first kappa shape index (κ1) is 23.3. The molecule has 3 nitrogen and oxygen atoms in total. The summed E-state index contributed by atoms with van der Waals surface area (Å²) in [5, 5.41) is 0. The highest BCUT2D eigenvalue weighted by Gasteiger charge is 2.17. The van der Waals surface area contributed by atoms with Gasteiger partial charge in [0.25, 0.3) is 0 Å². The first-order valence-electron chi connectivity index (χ1n) is 10.6. The molecule has 0 aliphatic carbocycles. The Labute approximate surface area is 166 Å². The van der Waals surface area contributed by atoms with E-state index in [4.69, 9.17) is 9.47 Å². The molecule has 0 heterocycles. The van der Waals surface area contributed by atoms with E-state index in [0.717, 1.165) is 18.4 Å². The Morgan fingerprint density at radius 2 is 1.52 bits per heavy atom. The van der Waals surface area contributed by atoms with Crippen LogP contribution < -0.4 is 4.74 Å². The SMILES string of the molecule is CCCCCCC=CCCCCCCCc1cccc(OC)c1C(=O)OC. The normalized spacial score (nSPS) is 11.1. The van der Waals surface area contributed by atoms with Crippen LogP contribution in [0.3, 0.4) is 0 Å². The van der Waals surface area contributed by atoms with Crippen LogP contribution in [-0.2, 0) is 11.2 Å². The van der Waals surface area contributed by atoms with Crippen LogP contribution in [0.2, 0.25) is 0 Å². The van der Waals surface area contributed by atoms with Crippen LogP contribution in [0, 0.1) is 0 Å². The van der Waals surface area contributed by atoms with Crippen LogP contribution in [0.1, 0.15) is 93.5 Å². The highest BCUT2D eigenvalue weighted by Crippen LogP contribution is 2.25. The Morgan fingerprint density at radius 1 is 0.889 bits per heavy atom. The Morgan fingerprint density at radius 3 is 2.15 bits per heavy atom. The number of esters is 1. The van der Waals surface area contributed by atoms with Gasteiger partial charge in [0.15, 0.2) is 0 Å². The Kier molecular flexibility index (Phi) is 13.2. The third-order valence-electron chi connectivity index (χ3n) is 4.93. The van der Waals surface area contributed by atoms with Gasteiger partial charge < -0.3 is 9.47 Å². The molecule has 0 atom stereocenters. The van der Waals surface area contributed by atoms with Crippen molar-refractivity contribution in [3.05, 3.63) is 41.5 Å². The van der Waals surface area contributed by atoms with Gasteiger partial charge in [-0.2, -0.15) is 0 Å². The number of unbranched alkanes of at least 4 members (excludes halogenated alkanes) is 9. The lowest BCUT2D eigenvalue weighted by Crippen LogP contribution is -2.08. The lowest BCUT2D eigenvalue weighted by atomic mass is 9.99. The van der Waals surface area contributed by atoms with Crippen molar-refractivity contribution in [1.82, 2.24) is 0 Å². The van der Waals surface area contributed by atoms with Gasteiger partial charge in [-0.15, -0.1) is 0 Å². The summed E-state index contributed by atoms with van der Waals surface area (Å²) in [7, 11) is 3.00. The number of carbonyl (C=O) groups is 1. The van der Waals surface area contributed by atoms with Gasteiger partial charge in [-0.1, -0.05) is 69.7 Å². The minimum absolute atomic E-state index is 0.316. The predicted octanol–water partition coefficient (Wildman–Crippen LogP) is 6.89. The molecule has 0 fully saturated rings. The summed E-state index contributed by atoms with van der Waals surface area (Å²) in [5.41, 5.74) is 1.60. The van der Waals surface area contributed by atoms with Crippen LogP contribution in [0.4, 0.5) is 0 Å².